The molecular formula is C25H28Cl4N2O2. The van der Waals surface area contributed by atoms with E-state index < -0.39 is 6.04 Å². The molecular weight excluding hydrogens is 502 g/mol. The molecule has 2 aromatic rings. The summed E-state index contributed by atoms with van der Waals surface area (Å²) in [5, 5.41) is 4.84. The summed E-state index contributed by atoms with van der Waals surface area (Å²) in [4.78, 5) is 28.4. The largest absolute Gasteiger partial charge is 0.352 e. The van der Waals surface area contributed by atoms with Crippen LogP contribution >= 0.6 is 46.4 Å². The predicted molar refractivity (Wildman–Crippen MR) is 136 cm³/mol. The standard InChI is InChI=1S/C25H28Cl4N2O2/c1-2-23(25(33)30-18-6-4-3-5-7-18)31(15-17-9-11-20(27)22(29)13-17)24(32)14-16-8-10-19(26)21(28)12-16/h8-13,18,23H,2-7,14-15H2,1H3,(H,30,33)/t23-/m0/s1. The summed E-state index contributed by atoms with van der Waals surface area (Å²) < 4.78 is 0. The second-order valence-corrected chi connectivity index (χ2v) is 10.1. The Bertz CT molecular complexity index is 992. The molecule has 0 unspecified atom stereocenters. The van der Waals surface area contributed by atoms with Gasteiger partial charge in [-0.3, -0.25) is 9.59 Å². The molecule has 0 bridgehead atoms. The second kappa shape index (κ2) is 12.3. The quantitative estimate of drug-likeness (QED) is 0.396. The van der Waals surface area contributed by atoms with Gasteiger partial charge in [0.15, 0.2) is 0 Å². The SMILES string of the molecule is CC[C@@H](C(=O)NC1CCCCC1)N(Cc1ccc(Cl)c(Cl)c1)C(=O)Cc1ccc(Cl)c(Cl)c1. The fourth-order valence-electron chi connectivity index (χ4n) is 4.22. The minimum Gasteiger partial charge on any atom is -0.352 e. The highest BCUT2D eigenvalue weighted by molar-refractivity contribution is 6.42. The lowest BCUT2D eigenvalue weighted by Crippen LogP contribution is -2.51. The first kappa shape index (κ1) is 26.2. The molecule has 1 saturated carbocycles. The van der Waals surface area contributed by atoms with E-state index in [9.17, 15) is 9.59 Å². The van der Waals surface area contributed by atoms with Crippen molar-refractivity contribution in [2.75, 3.05) is 0 Å². The number of benzene rings is 2. The first-order chi connectivity index (χ1) is 15.8. The number of nitrogens with zero attached hydrogens (tertiary/aromatic N) is 1. The Balaban J connectivity index is 1.84. The molecule has 2 amide bonds. The molecule has 1 aliphatic rings. The summed E-state index contributed by atoms with van der Waals surface area (Å²) in [6.45, 7) is 2.16. The molecule has 8 heteroatoms. The molecule has 178 valence electrons. The average Bonchev–Trinajstić information content (AvgIpc) is 2.79. The second-order valence-electron chi connectivity index (χ2n) is 8.46. The highest BCUT2D eigenvalue weighted by Gasteiger charge is 2.30. The van der Waals surface area contributed by atoms with E-state index in [1.54, 1.807) is 35.2 Å². The first-order valence-electron chi connectivity index (χ1n) is 11.3. The van der Waals surface area contributed by atoms with Gasteiger partial charge in [-0.25, -0.2) is 0 Å². The highest BCUT2D eigenvalue weighted by atomic mass is 35.5. The first-order valence-corrected chi connectivity index (χ1v) is 12.8. The fourth-order valence-corrected chi connectivity index (χ4v) is 4.87. The number of hydrogen-bond acceptors (Lipinski definition) is 2. The van der Waals surface area contributed by atoms with E-state index >= 15 is 0 Å². The molecule has 0 saturated heterocycles. The van der Waals surface area contributed by atoms with Crippen molar-refractivity contribution in [1.82, 2.24) is 10.2 Å². The van der Waals surface area contributed by atoms with Crippen molar-refractivity contribution in [3.63, 3.8) is 0 Å². The van der Waals surface area contributed by atoms with Gasteiger partial charge in [0.25, 0.3) is 0 Å². The number of carbonyl (C=O) groups excluding carboxylic acids is 2. The summed E-state index contributed by atoms with van der Waals surface area (Å²) in [5.74, 6) is -0.294. The number of hydrogen-bond donors (Lipinski definition) is 1. The Morgan fingerprint density at radius 1 is 0.909 bits per heavy atom. The van der Waals surface area contributed by atoms with Crippen molar-refractivity contribution in [3.05, 3.63) is 67.6 Å². The van der Waals surface area contributed by atoms with Crippen LogP contribution in [-0.4, -0.2) is 28.8 Å². The van der Waals surface area contributed by atoms with Crippen molar-refractivity contribution >= 4 is 58.2 Å². The summed E-state index contributed by atoms with van der Waals surface area (Å²) in [7, 11) is 0. The minimum atomic E-state index is -0.600. The summed E-state index contributed by atoms with van der Waals surface area (Å²) >= 11 is 24.4. The fraction of sp³-hybridized carbons (Fsp3) is 0.440. The van der Waals surface area contributed by atoms with Crippen LogP contribution in [0.15, 0.2) is 36.4 Å². The zero-order valence-corrected chi connectivity index (χ0v) is 21.6. The van der Waals surface area contributed by atoms with Gasteiger partial charge in [0.05, 0.1) is 26.5 Å². The van der Waals surface area contributed by atoms with Crippen LogP contribution in [0.1, 0.15) is 56.6 Å². The van der Waals surface area contributed by atoms with Crippen LogP contribution in [0.25, 0.3) is 0 Å². The molecule has 0 heterocycles. The topological polar surface area (TPSA) is 49.4 Å². The Hall–Kier alpha value is -1.46. The van der Waals surface area contributed by atoms with Gasteiger partial charge in [0.1, 0.15) is 6.04 Å². The van der Waals surface area contributed by atoms with E-state index in [1.807, 2.05) is 13.0 Å². The Labute approximate surface area is 215 Å². The molecule has 4 nitrogen and oxygen atoms in total. The monoisotopic (exact) mass is 528 g/mol. The molecule has 33 heavy (non-hydrogen) atoms. The Kier molecular flexibility index (Phi) is 9.75. The van der Waals surface area contributed by atoms with E-state index in [0.717, 1.165) is 36.8 Å². The zero-order chi connectivity index (χ0) is 24.0. The molecule has 1 fully saturated rings. The summed E-state index contributed by atoms with van der Waals surface area (Å²) in [6.07, 6.45) is 5.99. The molecule has 0 aliphatic heterocycles. The predicted octanol–water partition coefficient (Wildman–Crippen LogP) is 7.10. The van der Waals surface area contributed by atoms with Crippen molar-refractivity contribution in [2.45, 2.75) is 70.5 Å². The molecule has 0 aromatic heterocycles. The van der Waals surface area contributed by atoms with E-state index in [1.165, 1.54) is 6.42 Å². The van der Waals surface area contributed by atoms with Crippen LogP contribution < -0.4 is 5.32 Å². The normalized spacial score (nSPS) is 15.2. The van der Waals surface area contributed by atoms with Crippen molar-refractivity contribution < 1.29 is 9.59 Å². The molecule has 1 atom stereocenters. The van der Waals surface area contributed by atoms with E-state index in [4.69, 9.17) is 46.4 Å². The number of halogens is 4. The van der Waals surface area contributed by atoms with Crippen LogP contribution in [0.3, 0.4) is 0 Å². The Morgan fingerprint density at radius 2 is 1.48 bits per heavy atom. The minimum absolute atomic E-state index is 0.103. The molecule has 1 N–H and O–H groups in total. The third-order valence-electron chi connectivity index (χ3n) is 6.01. The molecule has 0 radical (unpaired) electrons. The van der Waals surface area contributed by atoms with Gasteiger partial charge in [0, 0.05) is 12.6 Å². The van der Waals surface area contributed by atoms with Crippen LogP contribution in [0, 0.1) is 0 Å². The Morgan fingerprint density at radius 3 is 2.06 bits per heavy atom. The number of rotatable bonds is 8. The van der Waals surface area contributed by atoms with Gasteiger partial charge in [-0.1, -0.05) is 84.7 Å². The zero-order valence-electron chi connectivity index (χ0n) is 18.6. The van der Waals surface area contributed by atoms with Crippen molar-refractivity contribution in [1.29, 1.82) is 0 Å². The number of carbonyl (C=O) groups is 2. The third-order valence-corrected chi connectivity index (χ3v) is 7.49. The van der Waals surface area contributed by atoms with Gasteiger partial charge in [-0.05, 0) is 54.7 Å². The average molecular weight is 530 g/mol. The van der Waals surface area contributed by atoms with Gasteiger partial charge >= 0.3 is 0 Å². The van der Waals surface area contributed by atoms with Crippen LogP contribution in [0.5, 0.6) is 0 Å². The summed E-state index contributed by atoms with van der Waals surface area (Å²) in [6, 6.07) is 9.93. The van der Waals surface area contributed by atoms with E-state index in [2.05, 4.69) is 5.32 Å². The van der Waals surface area contributed by atoms with Crippen molar-refractivity contribution in [2.24, 2.45) is 0 Å². The maximum atomic E-state index is 13.5. The third kappa shape index (κ3) is 7.26. The van der Waals surface area contributed by atoms with Gasteiger partial charge in [0.2, 0.25) is 11.8 Å². The number of amides is 2. The lowest BCUT2D eigenvalue weighted by atomic mass is 9.95. The molecule has 2 aromatic carbocycles. The van der Waals surface area contributed by atoms with E-state index in [0.29, 0.717) is 26.5 Å². The van der Waals surface area contributed by atoms with Gasteiger partial charge in [-0.2, -0.15) is 0 Å². The lowest BCUT2D eigenvalue weighted by molar-refractivity contribution is -0.141. The van der Waals surface area contributed by atoms with Gasteiger partial charge < -0.3 is 10.2 Å². The van der Waals surface area contributed by atoms with Crippen LogP contribution in [-0.2, 0) is 22.6 Å². The van der Waals surface area contributed by atoms with E-state index in [-0.39, 0.29) is 30.8 Å². The smallest absolute Gasteiger partial charge is 0.243 e. The maximum Gasteiger partial charge on any atom is 0.243 e. The highest BCUT2D eigenvalue weighted by Crippen LogP contribution is 2.26. The van der Waals surface area contributed by atoms with Crippen LogP contribution in [0.2, 0.25) is 20.1 Å². The molecule has 1 aliphatic carbocycles. The molecule has 0 spiro atoms. The van der Waals surface area contributed by atoms with Crippen molar-refractivity contribution in [3.8, 4) is 0 Å². The number of nitrogens with one attached hydrogen (secondary N) is 1. The molecule has 3 rings (SSSR count). The van der Waals surface area contributed by atoms with Crippen LogP contribution in [0.4, 0.5) is 0 Å². The maximum absolute atomic E-state index is 13.5. The lowest BCUT2D eigenvalue weighted by Gasteiger charge is -2.33. The van der Waals surface area contributed by atoms with Gasteiger partial charge in [-0.15, -0.1) is 0 Å². The summed E-state index contributed by atoms with van der Waals surface area (Å²) in [5.41, 5.74) is 1.53.